The number of anilines is 2. The smallest absolute Gasteiger partial charge is 0.262 e. The fraction of sp³-hybridized carbons (Fsp3) is 0.350. The molecular formula is C20H24N2O3S. The number of sulfonamides is 1. The first-order valence-corrected chi connectivity index (χ1v) is 10.3. The molecule has 3 rings (SSSR count). The van der Waals surface area contributed by atoms with Crippen molar-refractivity contribution in [1.82, 2.24) is 0 Å². The Labute approximate surface area is 155 Å². The number of nitrogens with zero attached hydrogens (tertiary/aromatic N) is 1. The highest BCUT2D eigenvalue weighted by molar-refractivity contribution is 7.92. The molecule has 26 heavy (non-hydrogen) atoms. The maximum absolute atomic E-state index is 12.8. The minimum Gasteiger partial charge on any atom is -0.312 e. The third-order valence-electron chi connectivity index (χ3n) is 4.71. The zero-order chi connectivity index (χ0) is 18.9. The first-order chi connectivity index (χ1) is 12.3. The molecule has 1 N–H and O–H groups in total. The van der Waals surface area contributed by atoms with E-state index in [1.54, 1.807) is 36.1 Å². The Morgan fingerprint density at radius 2 is 1.69 bits per heavy atom. The zero-order valence-electron chi connectivity index (χ0n) is 15.4. The fourth-order valence-electron chi connectivity index (χ4n) is 3.23. The molecule has 1 saturated heterocycles. The molecule has 0 radical (unpaired) electrons. The molecule has 0 saturated carbocycles. The maximum atomic E-state index is 12.8. The maximum Gasteiger partial charge on any atom is 0.262 e. The Morgan fingerprint density at radius 3 is 2.42 bits per heavy atom. The second kappa shape index (κ2) is 7.11. The van der Waals surface area contributed by atoms with Crippen molar-refractivity contribution < 1.29 is 13.2 Å². The van der Waals surface area contributed by atoms with Crippen LogP contribution in [-0.2, 0) is 14.8 Å². The number of piperidine rings is 1. The Bertz CT molecular complexity index is 952. The highest BCUT2D eigenvalue weighted by Gasteiger charge is 2.22. The fourth-order valence-corrected chi connectivity index (χ4v) is 4.61. The first kappa shape index (κ1) is 18.5. The van der Waals surface area contributed by atoms with Crippen LogP contribution in [0.2, 0.25) is 0 Å². The van der Waals surface area contributed by atoms with Gasteiger partial charge in [0.25, 0.3) is 10.0 Å². The summed E-state index contributed by atoms with van der Waals surface area (Å²) in [5, 5.41) is 0. The van der Waals surface area contributed by atoms with E-state index in [1.807, 2.05) is 26.0 Å². The normalized spacial score (nSPS) is 15.2. The molecule has 0 bridgehead atoms. The van der Waals surface area contributed by atoms with E-state index >= 15 is 0 Å². The molecule has 0 atom stereocenters. The largest absolute Gasteiger partial charge is 0.312 e. The summed E-state index contributed by atoms with van der Waals surface area (Å²) in [5.41, 5.74) is 3.77. The van der Waals surface area contributed by atoms with Crippen LogP contribution in [0.15, 0.2) is 41.3 Å². The van der Waals surface area contributed by atoms with E-state index in [9.17, 15) is 13.2 Å². The Balaban J connectivity index is 1.94. The third kappa shape index (κ3) is 3.75. The molecule has 6 heteroatoms. The highest BCUT2D eigenvalue weighted by atomic mass is 32.2. The lowest BCUT2D eigenvalue weighted by Gasteiger charge is -2.28. The SMILES string of the molecule is Cc1ccc(C)c(S(=O)(=O)Nc2ccc(C)c(N3CCCCC3=O)c2)c1. The van der Waals surface area contributed by atoms with Crippen molar-refractivity contribution in [2.24, 2.45) is 0 Å². The molecule has 1 heterocycles. The standard InChI is InChI=1S/C20H24N2O3S/c1-14-7-8-16(3)19(12-14)26(24,25)21-17-10-9-15(2)18(13-17)22-11-5-4-6-20(22)23/h7-10,12-13,21H,4-6,11H2,1-3H3. The molecule has 0 aliphatic carbocycles. The van der Waals surface area contributed by atoms with E-state index in [-0.39, 0.29) is 10.8 Å². The minimum atomic E-state index is -3.69. The summed E-state index contributed by atoms with van der Waals surface area (Å²) in [4.78, 5) is 14.3. The first-order valence-electron chi connectivity index (χ1n) is 8.79. The van der Waals surface area contributed by atoms with Crippen LogP contribution in [-0.4, -0.2) is 20.9 Å². The molecule has 0 aromatic heterocycles. The molecule has 1 fully saturated rings. The second-order valence-electron chi connectivity index (χ2n) is 6.88. The third-order valence-corrected chi connectivity index (χ3v) is 6.23. The second-order valence-corrected chi connectivity index (χ2v) is 8.53. The molecule has 138 valence electrons. The number of aryl methyl sites for hydroxylation is 3. The van der Waals surface area contributed by atoms with Gasteiger partial charge in [-0.1, -0.05) is 18.2 Å². The van der Waals surface area contributed by atoms with Gasteiger partial charge >= 0.3 is 0 Å². The van der Waals surface area contributed by atoms with E-state index in [0.717, 1.165) is 29.7 Å². The van der Waals surface area contributed by atoms with Gasteiger partial charge in [-0.25, -0.2) is 8.42 Å². The summed E-state index contributed by atoms with van der Waals surface area (Å²) in [7, 11) is -3.69. The molecule has 1 amide bonds. The van der Waals surface area contributed by atoms with E-state index in [4.69, 9.17) is 0 Å². The van der Waals surface area contributed by atoms with E-state index in [1.165, 1.54) is 0 Å². The van der Waals surface area contributed by atoms with Gasteiger partial charge in [0.15, 0.2) is 0 Å². The van der Waals surface area contributed by atoms with E-state index < -0.39 is 10.0 Å². The predicted octanol–water partition coefficient (Wildman–Crippen LogP) is 3.93. The lowest BCUT2D eigenvalue weighted by atomic mass is 10.1. The Kier molecular flexibility index (Phi) is 5.05. The van der Waals surface area contributed by atoms with E-state index in [2.05, 4.69) is 4.72 Å². The number of rotatable bonds is 4. The number of hydrogen-bond donors (Lipinski definition) is 1. The molecule has 2 aromatic rings. The van der Waals surface area contributed by atoms with Gasteiger partial charge in [0.2, 0.25) is 5.91 Å². The van der Waals surface area contributed by atoms with Crippen LogP contribution in [0, 0.1) is 20.8 Å². The van der Waals surface area contributed by atoms with Crippen LogP contribution in [0.4, 0.5) is 11.4 Å². The van der Waals surface area contributed by atoms with Crippen molar-refractivity contribution in [3.05, 3.63) is 53.1 Å². The van der Waals surface area contributed by atoms with Crippen LogP contribution in [0.3, 0.4) is 0 Å². The van der Waals surface area contributed by atoms with Gasteiger partial charge in [-0.3, -0.25) is 9.52 Å². The van der Waals surface area contributed by atoms with Gasteiger partial charge in [-0.15, -0.1) is 0 Å². The van der Waals surface area contributed by atoms with Gasteiger partial charge in [0, 0.05) is 18.7 Å². The van der Waals surface area contributed by atoms with Gasteiger partial charge in [0.1, 0.15) is 0 Å². The van der Waals surface area contributed by atoms with Crippen LogP contribution >= 0.6 is 0 Å². The topological polar surface area (TPSA) is 66.5 Å². The van der Waals surface area contributed by atoms with Gasteiger partial charge in [0.05, 0.1) is 10.6 Å². The van der Waals surface area contributed by atoms with Crippen molar-refractivity contribution in [2.75, 3.05) is 16.2 Å². The quantitative estimate of drug-likeness (QED) is 0.884. The van der Waals surface area contributed by atoms with Crippen molar-refractivity contribution >= 4 is 27.3 Å². The van der Waals surface area contributed by atoms with Gasteiger partial charge in [-0.2, -0.15) is 0 Å². The number of carbonyl (C=O) groups is 1. The average Bonchev–Trinajstić information content (AvgIpc) is 2.59. The molecule has 0 spiro atoms. The summed E-state index contributed by atoms with van der Waals surface area (Å²) in [6.45, 7) is 6.25. The summed E-state index contributed by atoms with van der Waals surface area (Å²) in [6.07, 6.45) is 2.41. The lowest BCUT2D eigenvalue weighted by molar-refractivity contribution is -0.119. The van der Waals surface area contributed by atoms with Crippen molar-refractivity contribution in [3.63, 3.8) is 0 Å². The summed E-state index contributed by atoms with van der Waals surface area (Å²) >= 11 is 0. The molecule has 1 aliphatic heterocycles. The number of benzene rings is 2. The van der Waals surface area contributed by atoms with Crippen LogP contribution < -0.4 is 9.62 Å². The van der Waals surface area contributed by atoms with Crippen molar-refractivity contribution in [1.29, 1.82) is 0 Å². The molecular weight excluding hydrogens is 348 g/mol. The summed E-state index contributed by atoms with van der Waals surface area (Å²) in [6, 6.07) is 10.7. The Hall–Kier alpha value is -2.34. The summed E-state index contributed by atoms with van der Waals surface area (Å²) < 4.78 is 28.3. The molecule has 5 nitrogen and oxygen atoms in total. The number of hydrogen-bond acceptors (Lipinski definition) is 3. The minimum absolute atomic E-state index is 0.0916. The van der Waals surface area contributed by atoms with E-state index in [0.29, 0.717) is 24.2 Å². The monoisotopic (exact) mass is 372 g/mol. The van der Waals surface area contributed by atoms with Crippen LogP contribution in [0.25, 0.3) is 0 Å². The summed E-state index contributed by atoms with van der Waals surface area (Å²) in [5.74, 6) is 0.0916. The number of carbonyl (C=O) groups excluding carboxylic acids is 1. The molecule has 0 unspecified atom stereocenters. The highest BCUT2D eigenvalue weighted by Crippen LogP contribution is 2.29. The average molecular weight is 372 g/mol. The molecule has 1 aliphatic rings. The number of amides is 1. The van der Waals surface area contributed by atoms with Crippen molar-refractivity contribution in [2.45, 2.75) is 44.9 Å². The molecule has 2 aromatic carbocycles. The predicted molar refractivity (Wildman–Crippen MR) is 104 cm³/mol. The lowest BCUT2D eigenvalue weighted by Crippen LogP contribution is -2.35. The van der Waals surface area contributed by atoms with Gasteiger partial charge in [-0.05, 0) is 68.5 Å². The van der Waals surface area contributed by atoms with Crippen LogP contribution in [0.1, 0.15) is 36.0 Å². The van der Waals surface area contributed by atoms with Gasteiger partial charge < -0.3 is 4.90 Å². The zero-order valence-corrected chi connectivity index (χ0v) is 16.2. The van der Waals surface area contributed by atoms with Crippen LogP contribution in [0.5, 0.6) is 0 Å². The number of nitrogens with one attached hydrogen (secondary N) is 1. The Morgan fingerprint density at radius 1 is 0.962 bits per heavy atom. The van der Waals surface area contributed by atoms with Crippen molar-refractivity contribution in [3.8, 4) is 0 Å².